The molecule has 1 unspecified atom stereocenters. The minimum atomic E-state index is -0.244. The van der Waals surface area contributed by atoms with Crippen LogP contribution in [0.2, 0.25) is 0 Å². The number of aliphatic hydroxyl groups is 1. The number of halogens is 1. The number of hydrogen-bond donors (Lipinski definition) is 2. The van der Waals surface area contributed by atoms with E-state index in [0.29, 0.717) is 18.5 Å². The molecular weight excluding hydrogens is 169 g/mol. The lowest BCUT2D eigenvalue weighted by atomic mass is 9.96. The molecule has 0 saturated carbocycles. The van der Waals surface area contributed by atoms with Crippen LogP contribution in [0.3, 0.4) is 0 Å². The third kappa shape index (κ3) is 2.50. The van der Waals surface area contributed by atoms with Gasteiger partial charge in [0.25, 0.3) is 0 Å². The third-order valence-corrected chi connectivity index (χ3v) is 2.11. The van der Waals surface area contributed by atoms with Crippen LogP contribution in [0.5, 0.6) is 0 Å². The van der Waals surface area contributed by atoms with Crippen molar-refractivity contribution in [3.05, 3.63) is 35.6 Å². The van der Waals surface area contributed by atoms with Crippen LogP contribution in [-0.2, 0) is 0 Å². The van der Waals surface area contributed by atoms with Gasteiger partial charge < -0.3 is 10.8 Å². The molecule has 1 atom stereocenters. The van der Waals surface area contributed by atoms with Crippen LogP contribution in [-0.4, -0.2) is 18.3 Å². The average Bonchev–Trinajstić information content (AvgIpc) is 2.16. The van der Waals surface area contributed by atoms with Crippen molar-refractivity contribution >= 4 is 0 Å². The second-order valence-corrected chi connectivity index (χ2v) is 2.97. The zero-order chi connectivity index (χ0) is 9.68. The van der Waals surface area contributed by atoms with Crippen LogP contribution in [0, 0.1) is 5.82 Å². The van der Waals surface area contributed by atoms with Gasteiger partial charge in [-0.2, -0.15) is 0 Å². The molecule has 0 bridgehead atoms. The van der Waals surface area contributed by atoms with Gasteiger partial charge in [0, 0.05) is 12.5 Å². The van der Waals surface area contributed by atoms with Gasteiger partial charge in [0.2, 0.25) is 0 Å². The number of rotatable bonds is 4. The molecule has 0 saturated heterocycles. The molecule has 3 N–H and O–H groups in total. The van der Waals surface area contributed by atoms with Crippen LogP contribution in [0.4, 0.5) is 4.39 Å². The Morgan fingerprint density at radius 2 is 2.08 bits per heavy atom. The number of benzene rings is 1. The fourth-order valence-electron chi connectivity index (χ4n) is 1.36. The van der Waals surface area contributed by atoms with E-state index in [1.54, 1.807) is 18.2 Å². The van der Waals surface area contributed by atoms with Crippen molar-refractivity contribution in [3.63, 3.8) is 0 Å². The Morgan fingerprint density at radius 3 is 2.62 bits per heavy atom. The Balaban J connectivity index is 2.84. The van der Waals surface area contributed by atoms with Gasteiger partial charge in [0.15, 0.2) is 0 Å². The first-order chi connectivity index (χ1) is 6.29. The molecule has 0 aliphatic heterocycles. The zero-order valence-electron chi connectivity index (χ0n) is 7.41. The predicted molar refractivity (Wildman–Crippen MR) is 49.9 cm³/mol. The van der Waals surface area contributed by atoms with Gasteiger partial charge in [-0.1, -0.05) is 18.2 Å². The summed E-state index contributed by atoms with van der Waals surface area (Å²) in [6.45, 7) is 0.400. The molecule has 1 aromatic carbocycles. The Labute approximate surface area is 77.2 Å². The van der Waals surface area contributed by atoms with Gasteiger partial charge in [0.05, 0.1) is 0 Å². The lowest BCUT2D eigenvalue weighted by Gasteiger charge is -2.13. The maximum atomic E-state index is 13.2. The molecule has 0 amide bonds. The van der Waals surface area contributed by atoms with E-state index in [4.69, 9.17) is 10.8 Å². The van der Waals surface area contributed by atoms with Gasteiger partial charge in [-0.05, 0) is 24.6 Å². The summed E-state index contributed by atoms with van der Waals surface area (Å²) in [7, 11) is 0. The maximum absolute atomic E-state index is 13.2. The van der Waals surface area contributed by atoms with Gasteiger partial charge in [-0.15, -0.1) is 0 Å². The Kier molecular flexibility index (Phi) is 3.86. The minimum absolute atomic E-state index is 0.0379. The van der Waals surface area contributed by atoms with Crippen LogP contribution in [0.25, 0.3) is 0 Å². The highest BCUT2D eigenvalue weighted by Gasteiger charge is 2.12. The van der Waals surface area contributed by atoms with E-state index in [1.807, 2.05) is 0 Å². The third-order valence-electron chi connectivity index (χ3n) is 2.11. The summed E-state index contributed by atoms with van der Waals surface area (Å²) in [6, 6.07) is 6.54. The van der Waals surface area contributed by atoms with Crippen molar-refractivity contribution in [2.24, 2.45) is 5.73 Å². The molecule has 0 radical (unpaired) electrons. The Morgan fingerprint density at radius 1 is 1.38 bits per heavy atom. The Hall–Kier alpha value is -0.930. The first kappa shape index (κ1) is 10.2. The highest BCUT2D eigenvalue weighted by Crippen LogP contribution is 2.20. The molecule has 0 spiro atoms. The molecule has 0 aromatic heterocycles. The number of aliphatic hydroxyl groups excluding tert-OH is 1. The SMILES string of the molecule is NCC(CCO)c1ccccc1F. The summed E-state index contributed by atoms with van der Waals surface area (Å²) in [5.41, 5.74) is 6.08. The van der Waals surface area contributed by atoms with Crippen LogP contribution >= 0.6 is 0 Å². The molecule has 0 aliphatic carbocycles. The fourth-order valence-corrected chi connectivity index (χ4v) is 1.36. The van der Waals surface area contributed by atoms with Crippen molar-refractivity contribution in [3.8, 4) is 0 Å². The first-order valence-electron chi connectivity index (χ1n) is 4.35. The van der Waals surface area contributed by atoms with Crippen molar-refractivity contribution in [2.75, 3.05) is 13.2 Å². The van der Waals surface area contributed by atoms with Gasteiger partial charge >= 0.3 is 0 Å². The van der Waals surface area contributed by atoms with E-state index in [2.05, 4.69) is 0 Å². The summed E-state index contributed by atoms with van der Waals surface area (Å²) >= 11 is 0. The van der Waals surface area contributed by atoms with Gasteiger partial charge in [-0.3, -0.25) is 0 Å². The van der Waals surface area contributed by atoms with E-state index in [0.717, 1.165) is 0 Å². The predicted octanol–water partition coefficient (Wildman–Crippen LogP) is 1.25. The quantitative estimate of drug-likeness (QED) is 0.738. The molecule has 13 heavy (non-hydrogen) atoms. The molecule has 1 aromatic rings. The normalized spacial score (nSPS) is 12.8. The van der Waals surface area contributed by atoms with Crippen LogP contribution in [0.15, 0.2) is 24.3 Å². The molecule has 0 heterocycles. The molecule has 0 aliphatic rings. The summed E-state index contributed by atoms with van der Waals surface area (Å²) in [6.07, 6.45) is 0.511. The largest absolute Gasteiger partial charge is 0.396 e. The second kappa shape index (κ2) is 4.94. The summed E-state index contributed by atoms with van der Waals surface area (Å²) < 4.78 is 13.2. The molecule has 2 nitrogen and oxygen atoms in total. The lowest BCUT2D eigenvalue weighted by molar-refractivity contribution is 0.275. The fraction of sp³-hybridized carbons (Fsp3) is 0.400. The highest BCUT2D eigenvalue weighted by molar-refractivity contribution is 5.21. The molecule has 3 heteroatoms. The molecule has 72 valence electrons. The zero-order valence-corrected chi connectivity index (χ0v) is 7.41. The van der Waals surface area contributed by atoms with E-state index >= 15 is 0 Å². The van der Waals surface area contributed by atoms with E-state index < -0.39 is 0 Å². The van der Waals surface area contributed by atoms with Crippen molar-refractivity contribution in [2.45, 2.75) is 12.3 Å². The van der Waals surface area contributed by atoms with Crippen LogP contribution < -0.4 is 5.73 Å². The van der Waals surface area contributed by atoms with Crippen molar-refractivity contribution < 1.29 is 9.50 Å². The highest BCUT2D eigenvalue weighted by atomic mass is 19.1. The lowest BCUT2D eigenvalue weighted by Crippen LogP contribution is -2.15. The topological polar surface area (TPSA) is 46.2 Å². The van der Waals surface area contributed by atoms with Gasteiger partial charge in [0.1, 0.15) is 5.82 Å². The summed E-state index contributed by atoms with van der Waals surface area (Å²) in [5.74, 6) is -0.322. The van der Waals surface area contributed by atoms with E-state index in [9.17, 15) is 4.39 Å². The van der Waals surface area contributed by atoms with Crippen LogP contribution in [0.1, 0.15) is 17.9 Å². The van der Waals surface area contributed by atoms with Crippen molar-refractivity contribution in [1.82, 2.24) is 0 Å². The number of nitrogens with two attached hydrogens (primary N) is 1. The van der Waals surface area contributed by atoms with Gasteiger partial charge in [-0.25, -0.2) is 4.39 Å². The van der Waals surface area contributed by atoms with Crippen molar-refractivity contribution in [1.29, 1.82) is 0 Å². The molecule has 0 fully saturated rings. The second-order valence-electron chi connectivity index (χ2n) is 2.97. The number of hydrogen-bond acceptors (Lipinski definition) is 2. The minimum Gasteiger partial charge on any atom is -0.396 e. The van der Waals surface area contributed by atoms with E-state index in [-0.39, 0.29) is 18.3 Å². The average molecular weight is 183 g/mol. The molecular formula is C10H14FNO. The summed E-state index contributed by atoms with van der Waals surface area (Å²) in [5, 5.41) is 8.74. The monoisotopic (exact) mass is 183 g/mol. The molecule has 1 rings (SSSR count). The summed E-state index contributed by atoms with van der Waals surface area (Å²) in [4.78, 5) is 0. The standard InChI is InChI=1S/C10H14FNO/c11-10-4-2-1-3-9(10)8(7-12)5-6-13/h1-4,8,13H,5-7,12H2. The smallest absolute Gasteiger partial charge is 0.126 e. The maximum Gasteiger partial charge on any atom is 0.126 e. The first-order valence-corrected chi connectivity index (χ1v) is 4.35. The Bertz CT molecular complexity index is 265. The van der Waals surface area contributed by atoms with E-state index in [1.165, 1.54) is 6.07 Å².